The maximum absolute atomic E-state index is 12.0. The Kier molecular flexibility index (Phi) is 5.98. The highest BCUT2D eigenvalue weighted by atomic mass is 35.5. The van der Waals surface area contributed by atoms with E-state index in [-0.39, 0.29) is 5.91 Å². The number of carbonyl (C=O) groups excluding carboxylic acids is 1. The van der Waals surface area contributed by atoms with Crippen LogP contribution in [0.1, 0.15) is 18.4 Å². The van der Waals surface area contributed by atoms with E-state index in [0.29, 0.717) is 23.6 Å². The van der Waals surface area contributed by atoms with Crippen molar-refractivity contribution in [2.75, 3.05) is 12.4 Å². The molecule has 2 aromatic rings. The molecule has 1 amide bonds. The molecule has 1 N–H and O–H groups in total. The predicted molar refractivity (Wildman–Crippen MR) is 89.3 cm³/mol. The van der Waals surface area contributed by atoms with Gasteiger partial charge < -0.3 is 10.2 Å². The van der Waals surface area contributed by atoms with Crippen LogP contribution >= 0.6 is 11.6 Å². The normalized spacial score (nSPS) is 11.1. The van der Waals surface area contributed by atoms with Crippen LogP contribution in [0.3, 0.4) is 0 Å². The van der Waals surface area contributed by atoms with Crippen molar-refractivity contribution < 1.29 is 9.63 Å². The fourth-order valence-electron chi connectivity index (χ4n) is 1.97. The molecule has 5 heteroatoms. The predicted octanol–water partition coefficient (Wildman–Crippen LogP) is 4.11. The van der Waals surface area contributed by atoms with Crippen molar-refractivity contribution in [3.05, 3.63) is 65.2 Å². The zero-order valence-electron chi connectivity index (χ0n) is 12.3. The first-order valence-electron chi connectivity index (χ1n) is 6.90. The van der Waals surface area contributed by atoms with Crippen LogP contribution in [0.2, 0.25) is 5.02 Å². The summed E-state index contributed by atoms with van der Waals surface area (Å²) in [6.45, 7) is 0. The van der Waals surface area contributed by atoms with Crippen LogP contribution in [0.4, 0.5) is 5.69 Å². The summed E-state index contributed by atoms with van der Waals surface area (Å²) >= 11 is 5.88. The van der Waals surface area contributed by atoms with E-state index in [4.69, 9.17) is 16.4 Å². The molecule has 0 aliphatic carbocycles. The third-order valence-corrected chi connectivity index (χ3v) is 3.28. The first-order chi connectivity index (χ1) is 10.7. The number of halogens is 1. The fraction of sp³-hybridized carbons (Fsp3) is 0.176. The Morgan fingerprint density at radius 2 is 1.77 bits per heavy atom. The second-order valence-corrected chi connectivity index (χ2v) is 5.08. The number of oxime groups is 1. The summed E-state index contributed by atoms with van der Waals surface area (Å²) in [4.78, 5) is 16.8. The summed E-state index contributed by atoms with van der Waals surface area (Å²) in [5, 5.41) is 7.50. The number of nitrogens with one attached hydrogen (secondary N) is 1. The molecule has 0 heterocycles. The number of anilines is 1. The minimum absolute atomic E-state index is 0.0658. The molecule has 0 atom stereocenters. The van der Waals surface area contributed by atoms with Gasteiger partial charge in [0, 0.05) is 23.6 Å². The summed E-state index contributed by atoms with van der Waals surface area (Å²) < 4.78 is 0. The van der Waals surface area contributed by atoms with Crippen molar-refractivity contribution in [1.82, 2.24) is 0 Å². The van der Waals surface area contributed by atoms with Gasteiger partial charge >= 0.3 is 0 Å². The van der Waals surface area contributed by atoms with Crippen LogP contribution < -0.4 is 5.32 Å². The van der Waals surface area contributed by atoms with Gasteiger partial charge in [-0.15, -0.1) is 0 Å². The van der Waals surface area contributed by atoms with Crippen LogP contribution in [-0.2, 0) is 9.63 Å². The van der Waals surface area contributed by atoms with Gasteiger partial charge in [-0.05, 0) is 29.8 Å². The van der Waals surface area contributed by atoms with E-state index in [1.54, 1.807) is 12.1 Å². The molecule has 0 bridgehead atoms. The molecule has 0 spiro atoms. The van der Waals surface area contributed by atoms with Crippen molar-refractivity contribution in [3.63, 3.8) is 0 Å². The lowest BCUT2D eigenvalue weighted by Gasteiger charge is -2.07. The summed E-state index contributed by atoms with van der Waals surface area (Å²) in [5.41, 5.74) is 2.38. The van der Waals surface area contributed by atoms with Gasteiger partial charge in [-0.1, -0.05) is 47.1 Å². The molecule has 0 radical (unpaired) electrons. The highest BCUT2D eigenvalue weighted by Crippen LogP contribution is 2.14. The molecular formula is C17H17ClN2O2. The third-order valence-electron chi connectivity index (χ3n) is 3.03. The average Bonchev–Trinajstić information content (AvgIpc) is 2.53. The summed E-state index contributed by atoms with van der Waals surface area (Å²) in [6, 6.07) is 16.6. The number of amides is 1. The van der Waals surface area contributed by atoms with Gasteiger partial charge in [-0.2, -0.15) is 0 Å². The minimum Gasteiger partial charge on any atom is -0.399 e. The first kappa shape index (κ1) is 16.0. The van der Waals surface area contributed by atoms with Gasteiger partial charge in [0.15, 0.2) is 0 Å². The molecule has 2 rings (SSSR count). The van der Waals surface area contributed by atoms with Crippen molar-refractivity contribution in [2.24, 2.45) is 5.16 Å². The summed E-state index contributed by atoms with van der Waals surface area (Å²) in [7, 11) is 1.49. The highest BCUT2D eigenvalue weighted by Gasteiger charge is 2.09. The van der Waals surface area contributed by atoms with E-state index in [1.165, 1.54) is 7.11 Å². The van der Waals surface area contributed by atoms with E-state index >= 15 is 0 Å². The van der Waals surface area contributed by atoms with Crippen LogP contribution in [0, 0.1) is 0 Å². The van der Waals surface area contributed by atoms with Gasteiger partial charge in [-0.25, -0.2) is 0 Å². The molecule has 0 aliphatic rings. The average molecular weight is 317 g/mol. The van der Waals surface area contributed by atoms with Gasteiger partial charge in [0.1, 0.15) is 7.11 Å². The van der Waals surface area contributed by atoms with E-state index in [1.807, 2.05) is 42.5 Å². The Balaban J connectivity index is 1.96. The molecule has 0 aromatic heterocycles. The topological polar surface area (TPSA) is 50.7 Å². The highest BCUT2D eigenvalue weighted by molar-refractivity contribution is 6.30. The van der Waals surface area contributed by atoms with Crippen molar-refractivity contribution in [1.29, 1.82) is 0 Å². The zero-order valence-corrected chi connectivity index (χ0v) is 13.0. The number of nitrogens with zero attached hydrogens (tertiary/aromatic N) is 1. The van der Waals surface area contributed by atoms with E-state index in [9.17, 15) is 4.79 Å². The molecule has 0 aliphatic heterocycles. The second-order valence-electron chi connectivity index (χ2n) is 4.64. The van der Waals surface area contributed by atoms with E-state index in [2.05, 4.69) is 10.5 Å². The molecule has 0 fully saturated rings. The maximum atomic E-state index is 12.0. The maximum Gasteiger partial charge on any atom is 0.224 e. The SMILES string of the molecule is CO/N=C(\CCC(=O)Nc1ccccc1)c1ccc(Cl)cc1. The molecule has 0 unspecified atom stereocenters. The Bertz CT molecular complexity index is 639. The van der Waals surface area contributed by atoms with E-state index in [0.717, 1.165) is 11.3 Å². The van der Waals surface area contributed by atoms with Crippen molar-refractivity contribution >= 4 is 28.9 Å². The molecule has 114 valence electrons. The molecule has 22 heavy (non-hydrogen) atoms. The van der Waals surface area contributed by atoms with Gasteiger partial charge in [-0.3, -0.25) is 4.79 Å². The van der Waals surface area contributed by atoms with Gasteiger partial charge in [0.05, 0.1) is 5.71 Å². The van der Waals surface area contributed by atoms with Gasteiger partial charge in [0.25, 0.3) is 0 Å². The van der Waals surface area contributed by atoms with E-state index < -0.39 is 0 Å². The van der Waals surface area contributed by atoms with Crippen LogP contribution in [0.15, 0.2) is 59.8 Å². The third kappa shape index (κ3) is 4.90. The quantitative estimate of drug-likeness (QED) is 0.644. The summed E-state index contributed by atoms with van der Waals surface area (Å²) in [6.07, 6.45) is 0.799. The number of hydrogen-bond donors (Lipinski definition) is 1. The summed E-state index contributed by atoms with van der Waals surface area (Å²) in [5.74, 6) is -0.0658. The molecular weight excluding hydrogens is 300 g/mol. The lowest BCUT2D eigenvalue weighted by Crippen LogP contribution is -2.14. The number of benzene rings is 2. The standard InChI is InChI=1S/C17H17ClN2O2/c1-22-20-16(13-7-9-14(18)10-8-13)11-12-17(21)19-15-5-3-2-4-6-15/h2-10H,11-12H2,1H3,(H,19,21)/b20-16+. The van der Waals surface area contributed by atoms with Crippen LogP contribution in [-0.4, -0.2) is 18.7 Å². The Hall–Kier alpha value is -2.33. The van der Waals surface area contributed by atoms with Crippen molar-refractivity contribution in [3.8, 4) is 0 Å². The Labute approximate surface area is 134 Å². The zero-order chi connectivity index (χ0) is 15.8. The molecule has 2 aromatic carbocycles. The smallest absolute Gasteiger partial charge is 0.224 e. The monoisotopic (exact) mass is 316 g/mol. The molecule has 0 saturated carbocycles. The van der Waals surface area contributed by atoms with Gasteiger partial charge in [0.2, 0.25) is 5.91 Å². The number of carbonyl (C=O) groups is 1. The first-order valence-corrected chi connectivity index (χ1v) is 7.27. The van der Waals surface area contributed by atoms with Crippen molar-refractivity contribution in [2.45, 2.75) is 12.8 Å². The fourth-order valence-corrected chi connectivity index (χ4v) is 2.10. The molecule has 4 nitrogen and oxygen atoms in total. The number of rotatable bonds is 6. The Morgan fingerprint density at radius 3 is 2.41 bits per heavy atom. The molecule has 0 saturated heterocycles. The van der Waals surface area contributed by atoms with Crippen LogP contribution in [0.25, 0.3) is 0 Å². The lowest BCUT2D eigenvalue weighted by atomic mass is 10.1. The number of para-hydroxylation sites is 1. The van der Waals surface area contributed by atoms with Crippen LogP contribution in [0.5, 0.6) is 0 Å². The number of hydrogen-bond acceptors (Lipinski definition) is 3. The minimum atomic E-state index is -0.0658. The Morgan fingerprint density at radius 1 is 1.09 bits per heavy atom. The largest absolute Gasteiger partial charge is 0.399 e. The lowest BCUT2D eigenvalue weighted by molar-refractivity contribution is -0.116. The second kappa shape index (κ2) is 8.20.